The number of carbonyl (C=O) groups is 2. The van der Waals surface area contributed by atoms with E-state index in [2.05, 4.69) is 0 Å². The third-order valence-electron chi connectivity index (χ3n) is 3.81. The molecule has 0 spiro atoms. The first-order valence-electron chi connectivity index (χ1n) is 7.96. The molecule has 0 bridgehead atoms. The molecule has 6 nitrogen and oxygen atoms in total. The first-order valence-corrected chi connectivity index (χ1v) is 7.96. The van der Waals surface area contributed by atoms with Crippen molar-refractivity contribution in [1.82, 2.24) is 4.90 Å². The molecule has 1 saturated heterocycles. The Hall–Kier alpha value is -2.50. The Morgan fingerprint density at radius 2 is 1.62 bits per heavy atom. The minimum absolute atomic E-state index is 0.00306. The summed E-state index contributed by atoms with van der Waals surface area (Å²) in [5.41, 5.74) is 0.727. The molecule has 0 saturated carbocycles. The van der Waals surface area contributed by atoms with Crippen LogP contribution >= 0.6 is 0 Å². The normalized spacial score (nSPS) is 14.5. The van der Waals surface area contributed by atoms with Crippen molar-refractivity contribution >= 4 is 18.0 Å². The second-order valence-electron chi connectivity index (χ2n) is 5.57. The number of likely N-dealkylation sites (tertiary alicyclic amines) is 1. The summed E-state index contributed by atoms with van der Waals surface area (Å²) in [6.07, 6.45) is 6.54. The molecule has 0 aromatic heterocycles. The lowest BCUT2D eigenvalue weighted by Crippen LogP contribution is -2.34. The van der Waals surface area contributed by atoms with Crippen molar-refractivity contribution in [1.29, 1.82) is 0 Å². The van der Waals surface area contributed by atoms with Crippen LogP contribution in [0.1, 0.15) is 31.7 Å². The van der Waals surface area contributed by atoms with Gasteiger partial charge < -0.3 is 19.1 Å². The van der Waals surface area contributed by atoms with Gasteiger partial charge in [0, 0.05) is 26.1 Å². The molecule has 1 aliphatic rings. The van der Waals surface area contributed by atoms with Crippen molar-refractivity contribution in [3.63, 3.8) is 0 Å². The molecule has 24 heavy (non-hydrogen) atoms. The Balaban J connectivity index is 2.22. The quantitative estimate of drug-likeness (QED) is 0.471. The van der Waals surface area contributed by atoms with Crippen LogP contribution in [0.2, 0.25) is 0 Å². The van der Waals surface area contributed by atoms with Crippen molar-refractivity contribution in [2.24, 2.45) is 0 Å². The molecular weight excluding hydrogens is 310 g/mol. The smallest absolute Gasteiger partial charge is 0.308 e. The molecule has 1 aromatic carbocycles. The number of benzene rings is 1. The number of amides is 1. The molecule has 2 rings (SSSR count). The minimum Gasteiger partial charge on any atom is -0.493 e. The Morgan fingerprint density at radius 3 is 2.12 bits per heavy atom. The number of piperidine rings is 1. The number of ether oxygens (including phenoxy) is 3. The molecule has 0 aliphatic carbocycles. The van der Waals surface area contributed by atoms with Crippen molar-refractivity contribution in [2.75, 3.05) is 27.3 Å². The summed E-state index contributed by atoms with van der Waals surface area (Å²) in [5, 5.41) is 0. The lowest BCUT2D eigenvalue weighted by Gasteiger charge is -2.25. The van der Waals surface area contributed by atoms with E-state index in [0.29, 0.717) is 11.5 Å². The van der Waals surface area contributed by atoms with E-state index in [1.54, 1.807) is 24.3 Å². The fraction of sp³-hybridized carbons (Fsp3) is 0.444. The Kier molecular flexibility index (Phi) is 6.23. The largest absolute Gasteiger partial charge is 0.493 e. The van der Waals surface area contributed by atoms with Gasteiger partial charge in [-0.2, -0.15) is 0 Å². The maximum absolute atomic E-state index is 12.2. The third kappa shape index (κ3) is 4.50. The van der Waals surface area contributed by atoms with E-state index in [1.165, 1.54) is 27.6 Å². The first kappa shape index (κ1) is 17.8. The molecule has 0 atom stereocenters. The van der Waals surface area contributed by atoms with Crippen LogP contribution in [0, 0.1) is 0 Å². The van der Waals surface area contributed by atoms with Crippen LogP contribution in [-0.4, -0.2) is 44.1 Å². The number of esters is 1. The number of carbonyl (C=O) groups excluding carboxylic acids is 2. The SMILES string of the molecule is COc1cc(C=CC(=O)N2CCCCC2)cc(OC)c1OC(C)=O. The van der Waals surface area contributed by atoms with Gasteiger partial charge in [0.15, 0.2) is 11.5 Å². The monoisotopic (exact) mass is 333 g/mol. The first-order chi connectivity index (χ1) is 11.5. The van der Waals surface area contributed by atoms with Gasteiger partial charge in [0.1, 0.15) is 0 Å². The number of hydrogen-bond acceptors (Lipinski definition) is 5. The van der Waals surface area contributed by atoms with Gasteiger partial charge in [0.25, 0.3) is 0 Å². The van der Waals surface area contributed by atoms with Gasteiger partial charge in [0.05, 0.1) is 14.2 Å². The van der Waals surface area contributed by atoms with Crippen LogP contribution in [0.4, 0.5) is 0 Å². The standard InChI is InChI=1S/C18H23NO5/c1-13(20)24-18-15(22-2)11-14(12-16(18)23-3)7-8-17(21)19-9-5-4-6-10-19/h7-8,11-12H,4-6,9-10H2,1-3H3. The van der Waals surface area contributed by atoms with Gasteiger partial charge in [-0.3, -0.25) is 9.59 Å². The van der Waals surface area contributed by atoms with Crippen LogP contribution < -0.4 is 14.2 Å². The van der Waals surface area contributed by atoms with Crippen molar-refractivity contribution in [3.8, 4) is 17.2 Å². The molecule has 1 amide bonds. The second kappa shape index (κ2) is 8.38. The highest BCUT2D eigenvalue weighted by atomic mass is 16.6. The number of methoxy groups -OCH3 is 2. The Morgan fingerprint density at radius 1 is 1.04 bits per heavy atom. The Bertz CT molecular complexity index is 607. The summed E-state index contributed by atoms with van der Waals surface area (Å²) in [7, 11) is 2.96. The molecule has 0 radical (unpaired) electrons. The van der Waals surface area contributed by atoms with E-state index in [1.807, 2.05) is 4.90 Å². The molecule has 1 aliphatic heterocycles. The van der Waals surface area contributed by atoms with Gasteiger partial charge in [-0.25, -0.2) is 0 Å². The van der Waals surface area contributed by atoms with Crippen LogP contribution in [0.25, 0.3) is 6.08 Å². The summed E-state index contributed by atoms with van der Waals surface area (Å²) < 4.78 is 15.7. The third-order valence-corrected chi connectivity index (χ3v) is 3.81. The fourth-order valence-electron chi connectivity index (χ4n) is 2.63. The van der Waals surface area contributed by atoms with E-state index in [-0.39, 0.29) is 11.7 Å². The second-order valence-corrected chi connectivity index (χ2v) is 5.57. The molecular formula is C18H23NO5. The number of rotatable bonds is 5. The maximum Gasteiger partial charge on any atom is 0.308 e. The zero-order valence-corrected chi connectivity index (χ0v) is 14.3. The molecule has 6 heteroatoms. The molecule has 1 aromatic rings. The van der Waals surface area contributed by atoms with Crippen LogP contribution in [0.3, 0.4) is 0 Å². The topological polar surface area (TPSA) is 65.1 Å². The van der Waals surface area contributed by atoms with Crippen molar-refractivity contribution in [2.45, 2.75) is 26.2 Å². The Labute approximate surface area is 142 Å². The van der Waals surface area contributed by atoms with Crippen LogP contribution in [0.5, 0.6) is 17.2 Å². The predicted molar refractivity (Wildman–Crippen MR) is 90.3 cm³/mol. The van der Waals surface area contributed by atoms with Crippen LogP contribution in [0.15, 0.2) is 18.2 Å². The molecule has 0 N–H and O–H groups in total. The van der Waals surface area contributed by atoms with E-state index >= 15 is 0 Å². The lowest BCUT2D eigenvalue weighted by molar-refractivity contribution is -0.132. The molecule has 1 heterocycles. The summed E-state index contributed by atoms with van der Waals surface area (Å²) in [6.45, 7) is 2.92. The summed E-state index contributed by atoms with van der Waals surface area (Å²) >= 11 is 0. The highest BCUT2D eigenvalue weighted by Crippen LogP contribution is 2.39. The van der Waals surface area contributed by atoms with Gasteiger partial charge in [-0.05, 0) is 43.0 Å². The molecule has 130 valence electrons. The van der Waals surface area contributed by atoms with Crippen molar-refractivity contribution in [3.05, 3.63) is 23.8 Å². The van der Waals surface area contributed by atoms with E-state index in [9.17, 15) is 9.59 Å². The summed E-state index contributed by atoms with van der Waals surface area (Å²) in [6, 6.07) is 3.39. The average Bonchev–Trinajstić information content (AvgIpc) is 2.60. The van der Waals surface area contributed by atoms with Gasteiger partial charge in [0.2, 0.25) is 11.7 Å². The summed E-state index contributed by atoms with van der Waals surface area (Å²) in [5.74, 6) is 0.503. The average molecular weight is 333 g/mol. The highest BCUT2D eigenvalue weighted by molar-refractivity contribution is 5.92. The zero-order chi connectivity index (χ0) is 17.5. The zero-order valence-electron chi connectivity index (χ0n) is 14.3. The lowest BCUT2D eigenvalue weighted by atomic mass is 10.1. The van der Waals surface area contributed by atoms with Crippen molar-refractivity contribution < 1.29 is 23.8 Å². The van der Waals surface area contributed by atoms with E-state index in [0.717, 1.165) is 31.5 Å². The molecule has 1 fully saturated rings. The van der Waals surface area contributed by atoms with E-state index < -0.39 is 5.97 Å². The fourth-order valence-corrected chi connectivity index (χ4v) is 2.63. The van der Waals surface area contributed by atoms with Gasteiger partial charge in [-0.15, -0.1) is 0 Å². The summed E-state index contributed by atoms with van der Waals surface area (Å²) in [4.78, 5) is 25.3. The van der Waals surface area contributed by atoms with Gasteiger partial charge >= 0.3 is 5.97 Å². The predicted octanol–water partition coefficient (Wildman–Crippen LogP) is 2.65. The maximum atomic E-state index is 12.2. The van der Waals surface area contributed by atoms with Crippen LogP contribution in [-0.2, 0) is 9.59 Å². The van der Waals surface area contributed by atoms with E-state index in [4.69, 9.17) is 14.2 Å². The number of nitrogens with zero attached hydrogens (tertiary/aromatic N) is 1. The van der Waals surface area contributed by atoms with Gasteiger partial charge in [-0.1, -0.05) is 0 Å². The number of hydrogen-bond donors (Lipinski definition) is 0. The molecule has 0 unspecified atom stereocenters. The highest BCUT2D eigenvalue weighted by Gasteiger charge is 2.16. The minimum atomic E-state index is -0.463.